The minimum absolute atomic E-state index is 0.0775. The predicted molar refractivity (Wildman–Crippen MR) is 102 cm³/mol. The van der Waals surface area contributed by atoms with E-state index in [1.807, 2.05) is 37.3 Å². The molecule has 4 nitrogen and oxygen atoms in total. The van der Waals surface area contributed by atoms with E-state index in [-0.39, 0.29) is 16.6 Å². The minimum atomic E-state index is -3.72. The van der Waals surface area contributed by atoms with Crippen molar-refractivity contribution in [2.75, 3.05) is 0 Å². The summed E-state index contributed by atoms with van der Waals surface area (Å²) in [6, 6.07) is 16.3. The summed E-state index contributed by atoms with van der Waals surface area (Å²) in [5.41, 5.74) is 2.36. The fourth-order valence-electron chi connectivity index (χ4n) is 3.78. The van der Waals surface area contributed by atoms with Gasteiger partial charge in [0.05, 0.1) is 10.4 Å². The van der Waals surface area contributed by atoms with Crippen LogP contribution in [0.3, 0.4) is 0 Å². The van der Waals surface area contributed by atoms with Crippen molar-refractivity contribution < 1.29 is 13.2 Å². The van der Waals surface area contributed by atoms with E-state index in [1.54, 1.807) is 24.3 Å². The number of carbonyl (C=O) groups excluding carboxylic acids is 1. The molecule has 0 radical (unpaired) electrons. The minimum Gasteiger partial charge on any atom is -0.299 e. The lowest BCUT2D eigenvalue weighted by molar-refractivity contribution is -0.120. The summed E-state index contributed by atoms with van der Waals surface area (Å²) in [4.78, 5) is 12.4. The first-order valence-corrected chi connectivity index (χ1v) is 10.3. The van der Waals surface area contributed by atoms with Crippen LogP contribution in [-0.4, -0.2) is 18.2 Å². The van der Waals surface area contributed by atoms with Gasteiger partial charge in [-0.15, -0.1) is 0 Å². The molecule has 4 rings (SSSR count). The maximum absolute atomic E-state index is 13.4. The molecule has 1 saturated carbocycles. The summed E-state index contributed by atoms with van der Waals surface area (Å²) in [5, 5.41) is 0.878. The fourth-order valence-corrected chi connectivity index (χ4v) is 5.34. The normalized spacial score (nSPS) is 17.9. The lowest BCUT2D eigenvalue weighted by Crippen LogP contribution is -2.19. The lowest BCUT2D eigenvalue weighted by atomic mass is 10.0. The van der Waals surface area contributed by atoms with Crippen LogP contribution in [0.4, 0.5) is 0 Å². The molecule has 0 saturated heterocycles. The fraction of sp³-hybridized carbons (Fsp3) is 0.286. The first-order chi connectivity index (χ1) is 12.5. The molecule has 1 aliphatic rings. The number of para-hydroxylation sites is 1. The van der Waals surface area contributed by atoms with Gasteiger partial charge in [0.1, 0.15) is 5.78 Å². The molecule has 2 aromatic carbocycles. The van der Waals surface area contributed by atoms with Crippen LogP contribution < -0.4 is 0 Å². The highest BCUT2D eigenvalue weighted by atomic mass is 32.2. The van der Waals surface area contributed by atoms with E-state index in [1.165, 1.54) is 3.97 Å². The van der Waals surface area contributed by atoms with Gasteiger partial charge in [0.15, 0.2) is 0 Å². The Hall–Kier alpha value is -2.40. The molecule has 5 heteroatoms. The van der Waals surface area contributed by atoms with Crippen molar-refractivity contribution in [2.24, 2.45) is 5.92 Å². The van der Waals surface area contributed by atoms with Gasteiger partial charge in [-0.25, -0.2) is 12.4 Å². The molecule has 0 spiro atoms. The Balaban J connectivity index is 1.88. The van der Waals surface area contributed by atoms with E-state index < -0.39 is 10.0 Å². The second-order valence-electron chi connectivity index (χ2n) is 7.04. The summed E-state index contributed by atoms with van der Waals surface area (Å²) in [6.45, 7) is 1.93. The summed E-state index contributed by atoms with van der Waals surface area (Å²) in [7, 11) is -3.72. The van der Waals surface area contributed by atoms with Crippen LogP contribution in [0.1, 0.15) is 30.5 Å². The number of hydrogen-bond donors (Lipinski definition) is 0. The SMILES string of the molecule is Cc1ccc(S(=O)(=O)n2c(CC3CCCC3=O)cc3ccccc32)cc1. The van der Waals surface area contributed by atoms with Crippen LogP contribution in [0.2, 0.25) is 0 Å². The smallest absolute Gasteiger partial charge is 0.268 e. The number of aryl methyl sites for hydroxylation is 1. The predicted octanol–water partition coefficient (Wildman–Crippen LogP) is 4.10. The van der Waals surface area contributed by atoms with E-state index in [9.17, 15) is 13.2 Å². The average Bonchev–Trinajstić information content (AvgIpc) is 3.19. The van der Waals surface area contributed by atoms with Gasteiger partial charge in [0.2, 0.25) is 0 Å². The lowest BCUT2D eigenvalue weighted by Gasteiger charge is -2.14. The second kappa shape index (κ2) is 6.40. The van der Waals surface area contributed by atoms with Gasteiger partial charge in [0, 0.05) is 23.4 Å². The molecule has 1 aromatic heterocycles. The Bertz CT molecular complexity index is 1080. The topological polar surface area (TPSA) is 56.1 Å². The Morgan fingerprint density at radius 2 is 1.81 bits per heavy atom. The molecule has 134 valence electrons. The van der Waals surface area contributed by atoms with Crippen LogP contribution in [0.15, 0.2) is 59.5 Å². The molecular weight excluding hydrogens is 346 g/mol. The number of aromatic nitrogens is 1. The van der Waals surface area contributed by atoms with E-state index in [4.69, 9.17) is 0 Å². The van der Waals surface area contributed by atoms with Crippen molar-refractivity contribution in [3.63, 3.8) is 0 Å². The first-order valence-electron chi connectivity index (χ1n) is 8.91. The van der Waals surface area contributed by atoms with Gasteiger partial charge < -0.3 is 0 Å². The zero-order chi connectivity index (χ0) is 18.3. The number of Topliss-reactive ketones (excluding diaryl/α,β-unsaturated/α-hetero) is 1. The Kier molecular flexibility index (Phi) is 4.19. The molecule has 0 N–H and O–H groups in total. The van der Waals surface area contributed by atoms with Gasteiger partial charge in [-0.2, -0.15) is 0 Å². The van der Waals surface area contributed by atoms with Crippen molar-refractivity contribution in [2.45, 2.75) is 37.5 Å². The zero-order valence-electron chi connectivity index (χ0n) is 14.7. The average molecular weight is 367 g/mol. The van der Waals surface area contributed by atoms with Crippen LogP contribution in [0.25, 0.3) is 10.9 Å². The van der Waals surface area contributed by atoms with Crippen molar-refractivity contribution in [3.05, 3.63) is 65.9 Å². The highest BCUT2D eigenvalue weighted by Crippen LogP contribution is 2.31. The van der Waals surface area contributed by atoms with Gasteiger partial charge >= 0.3 is 0 Å². The number of benzene rings is 2. The Morgan fingerprint density at radius 3 is 2.50 bits per heavy atom. The molecule has 26 heavy (non-hydrogen) atoms. The first kappa shape index (κ1) is 17.0. The third kappa shape index (κ3) is 2.86. The molecule has 1 atom stereocenters. The van der Waals surface area contributed by atoms with Crippen molar-refractivity contribution >= 4 is 26.7 Å². The van der Waals surface area contributed by atoms with E-state index in [0.717, 1.165) is 23.8 Å². The van der Waals surface area contributed by atoms with Gasteiger partial charge in [0.25, 0.3) is 10.0 Å². The Morgan fingerprint density at radius 1 is 1.08 bits per heavy atom. The number of ketones is 1. The summed E-state index contributed by atoms with van der Waals surface area (Å²) < 4.78 is 28.2. The van der Waals surface area contributed by atoms with Crippen LogP contribution in [0, 0.1) is 12.8 Å². The summed E-state index contributed by atoms with van der Waals surface area (Å²) in [6.07, 6.45) is 2.81. The van der Waals surface area contributed by atoms with Crippen molar-refractivity contribution in [1.29, 1.82) is 0 Å². The highest BCUT2D eigenvalue weighted by Gasteiger charge is 2.29. The van der Waals surface area contributed by atoms with Crippen molar-refractivity contribution in [1.82, 2.24) is 3.97 Å². The molecule has 1 heterocycles. The van der Waals surface area contributed by atoms with Gasteiger partial charge in [-0.05, 0) is 50.5 Å². The largest absolute Gasteiger partial charge is 0.299 e. The van der Waals surface area contributed by atoms with E-state index in [0.29, 0.717) is 24.1 Å². The molecule has 0 bridgehead atoms. The molecule has 1 unspecified atom stereocenters. The van der Waals surface area contributed by atoms with Crippen molar-refractivity contribution in [3.8, 4) is 0 Å². The van der Waals surface area contributed by atoms with Crippen LogP contribution in [-0.2, 0) is 21.2 Å². The van der Waals surface area contributed by atoms with Crippen LogP contribution in [0.5, 0.6) is 0 Å². The molecular formula is C21H21NO3S. The summed E-state index contributed by atoms with van der Waals surface area (Å²) >= 11 is 0. The van der Waals surface area contributed by atoms with E-state index >= 15 is 0 Å². The maximum Gasteiger partial charge on any atom is 0.268 e. The van der Waals surface area contributed by atoms with Gasteiger partial charge in [-0.3, -0.25) is 4.79 Å². The van der Waals surface area contributed by atoms with Gasteiger partial charge in [-0.1, -0.05) is 35.9 Å². The molecule has 0 aliphatic heterocycles. The third-order valence-electron chi connectivity index (χ3n) is 5.18. The third-order valence-corrected chi connectivity index (χ3v) is 6.96. The zero-order valence-corrected chi connectivity index (χ0v) is 15.5. The molecule has 1 fully saturated rings. The Labute approximate surface area is 153 Å². The molecule has 1 aliphatic carbocycles. The quantitative estimate of drug-likeness (QED) is 0.698. The molecule has 3 aromatic rings. The van der Waals surface area contributed by atoms with Crippen LogP contribution >= 0.6 is 0 Å². The maximum atomic E-state index is 13.4. The number of carbonyl (C=O) groups is 1. The number of rotatable bonds is 4. The second-order valence-corrected chi connectivity index (χ2v) is 8.82. The number of nitrogens with zero attached hydrogens (tertiary/aromatic N) is 1. The number of hydrogen-bond acceptors (Lipinski definition) is 3. The monoisotopic (exact) mass is 367 g/mol. The number of fused-ring (bicyclic) bond motifs is 1. The standard InChI is InChI=1S/C21H21NO3S/c1-15-9-11-19(12-10-15)26(24,25)22-18(14-17-6-4-8-21(17)23)13-16-5-2-3-7-20(16)22/h2-3,5,7,9-13,17H,4,6,8,14H2,1H3. The van der Waals surface area contributed by atoms with E-state index in [2.05, 4.69) is 0 Å². The molecule has 0 amide bonds. The summed E-state index contributed by atoms with van der Waals surface area (Å²) in [5.74, 6) is 0.167. The highest BCUT2D eigenvalue weighted by molar-refractivity contribution is 7.90.